The van der Waals surface area contributed by atoms with Crippen LogP contribution >= 0.6 is 0 Å². The molecular formula is C22H27FN4O5S. The van der Waals surface area contributed by atoms with Crippen molar-refractivity contribution in [1.82, 2.24) is 14.2 Å². The van der Waals surface area contributed by atoms with Crippen LogP contribution in [-0.2, 0) is 21.9 Å². The first-order chi connectivity index (χ1) is 15.3. The summed E-state index contributed by atoms with van der Waals surface area (Å²) in [5.74, 6) is -2.54. The summed E-state index contributed by atoms with van der Waals surface area (Å²) in [6.45, 7) is 5.20. The minimum Gasteiger partial charge on any atom is -0.345 e. The molecule has 0 bridgehead atoms. The normalized spacial score (nSPS) is 16.6. The van der Waals surface area contributed by atoms with E-state index in [-0.39, 0.29) is 30.2 Å². The third kappa shape index (κ3) is 4.98. The zero-order chi connectivity index (χ0) is 24.7. The van der Waals surface area contributed by atoms with Crippen LogP contribution in [0, 0.1) is 26.6 Å². The zero-order valence-corrected chi connectivity index (χ0v) is 20.0. The molecule has 11 heteroatoms. The Morgan fingerprint density at radius 1 is 1.15 bits per heavy atom. The maximum Gasteiger partial charge on any atom is 0.294 e. The van der Waals surface area contributed by atoms with Crippen molar-refractivity contribution in [2.24, 2.45) is 7.05 Å². The van der Waals surface area contributed by atoms with Gasteiger partial charge in [-0.15, -0.1) is 0 Å². The fourth-order valence-corrected chi connectivity index (χ4v) is 4.94. The molecule has 2 N–H and O–H groups in total. The maximum atomic E-state index is 13.5. The molecule has 0 spiro atoms. The Balaban J connectivity index is 1.79. The van der Waals surface area contributed by atoms with Crippen molar-refractivity contribution in [3.8, 4) is 0 Å². The van der Waals surface area contributed by atoms with Gasteiger partial charge in [0.2, 0.25) is 10.0 Å². The third-order valence-corrected chi connectivity index (χ3v) is 7.22. The first-order valence-corrected chi connectivity index (χ1v) is 12.2. The number of nitrogens with one attached hydrogen (secondary N) is 2. The summed E-state index contributed by atoms with van der Waals surface area (Å²) >= 11 is 0. The quantitative estimate of drug-likeness (QED) is 0.484. The molecule has 1 atom stereocenters. The number of amides is 2. The van der Waals surface area contributed by atoms with Crippen molar-refractivity contribution in [3.63, 3.8) is 0 Å². The molecule has 1 saturated heterocycles. The fraction of sp³-hybridized carbons (Fsp3) is 0.409. The van der Waals surface area contributed by atoms with E-state index in [0.717, 1.165) is 6.26 Å². The molecule has 0 unspecified atom stereocenters. The van der Waals surface area contributed by atoms with Gasteiger partial charge in [-0.3, -0.25) is 14.4 Å². The molecule has 1 aromatic carbocycles. The van der Waals surface area contributed by atoms with E-state index in [9.17, 15) is 27.2 Å². The highest BCUT2D eigenvalue weighted by Gasteiger charge is 2.33. The van der Waals surface area contributed by atoms with Crippen LogP contribution in [0.2, 0.25) is 0 Å². The van der Waals surface area contributed by atoms with Crippen LogP contribution in [-0.4, -0.2) is 60.3 Å². The van der Waals surface area contributed by atoms with Gasteiger partial charge < -0.3 is 15.2 Å². The summed E-state index contributed by atoms with van der Waals surface area (Å²) in [5.41, 5.74) is 1.94. The Labute approximate surface area is 192 Å². The summed E-state index contributed by atoms with van der Waals surface area (Å²) in [6.07, 6.45) is 1.50. The minimum atomic E-state index is -3.37. The Kier molecular flexibility index (Phi) is 6.75. The topological polar surface area (TPSA) is 118 Å². The summed E-state index contributed by atoms with van der Waals surface area (Å²) in [5, 5.41) is 5.30. The molecule has 2 heterocycles. The third-order valence-electron chi connectivity index (χ3n) is 5.95. The molecule has 33 heavy (non-hydrogen) atoms. The smallest absolute Gasteiger partial charge is 0.294 e. The number of Topliss-reactive ketones (excluding diaryl/α,β-unsaturated/α-hetero) is 1. The van der Waals surface area contributed by atoms with Crippen molar-refractivity contribution < 1.29 is 27.2 Å². The van der Waals surface area contributed by atoms with Crippen LogP contribution in [0.25, 0.3) is 0 Å². The van der Waals surface area contributed by atoms with Crippen LogP contribution in [0.4, 0.5) is 10.1 Å². The Morgan fingerprint density at radius 3 is 2.39 bits per heavy atom. The van der Waals surface area contributed by atoms with E-state index >= 15 is 0 Å². The van der Waals surface area contributed by atoms with E-state index in [0.29, 0.717) is 28.9 Å². The monoisotopic (exact) mass is 478 g/mol. The predicted octanol–water partition coefficient (Wildman–Crippen LogP) is 1.67. The fourth-order valence-electron chi connectivity index (χ4n) is 4.06. The average molecular weight is 479 g/mol. The number of rotatable bonds is 6. The van der Waals surface area contributed by atoms with Crippen LogP contribution < -0.4 is 10.6 Å². The van der Waals surface area contributed by atoms with Crippen LogP contribution in [0.15, 0.2) is 18.2 Å². The highest BCUT2D eigenvalue weighted by Crippen LogP contribution is 2.24. The average Bonchev–Trinajstić information content (AvgIpc) is 3.27. The Hall–Kier alpha value is -3.05. The van der Waals surface area contributed by atoms with E-state index in [2.05, 4.69) is 10.6 Å². The van der Waals surface area contributed by atoms with E-state index in [1.165, 1.54) is 27.1 Å². The summed E-state index contributed by atoms with van der Waals surface area (Å²) < 4.78 is 39.6. The number of anilines is 1. The number of hydrogen-bond donors (Lipinski definition) is 2. The highest BCUT2D eigenvalue weighted by molar-refractivity contribution is 7.88. The second-order valence-electron chi connectivity index (χ2n) is 8.32. The molecule has 3 rings (SSSR count). The second kappa shape index (κ2) is 9.06. The van der Waals surface area contributed by atoms with Crippen LogP contribution in [0.3, 0.4) is 0 Å². The second-order valence-corrected chi connectivity index (χ2v) is 10.3. The van der Waals surface area contributed by atoms with Crippen molar-refractivity contribution in [2.75, 3.05) is 24.7 Å². The highest BCUT2D eigenvalue weighted by atomic mass is 32.2. The minimum absolute atomic E-state index is 0.0726. The molecule has 178 valence electrons. The molecule has 0 radical (unpaired) electrons. The predicted molar refractivity (Wildman–Crippen MR) is 121 cm³/mol. The van der Waals surface area contributed by atoms with Gasteiger partial charge in [0, 0.05) is 37.6 Å². The van der Waals surface area contributed by atoms with E-state index < -0.39 is 33.7 Å². The number of aryl methyl sites for hydroxylation is 1. The van der Waals surface area contributed by atoms with Gasteiger partial charge in [0.25, 0.3) is 17.6 Å². The molecule has 1 fully saturated rings. The number of nitrogens with zero attached hydrogens (tertiary/aromatic N) is 2. The summed E-state index contributed by atoms with van der Waals surface area (Å²) in [4.78, 5) is 38.5. The molecule has 1 aliphatic rings. The van der Waals surface area contributed by atoms with Crippen molar-refractivity contribution >= 4 is 33.3 Å². The van der Waals surface area contributed by atoms with Gasteiger partial charge in [-0.1, -0.05) is 0 Å². The number of ketones is 1. The molecular weight excluding hydrogens is 451 g/mol. The van der Waals surface area contributed by atoms with Gasteiger partial charge in [0.15, 0.2) is 0 Å². The lowest BCUT2D eigenvalue weighted by atomic mass is 10.1. The van der Waals surface area contributed by atoms with Gasteiger partial charge in [0.1, 0.15) is 5.82 Å². The number of halogens is 1. The van der Waals surface area contributed by atoms with E-state index in [1.807, 2.05) is 0 Å². The molecule has 2 aromatic rings. The standard InChI is InChI=1S/C22H27FN4O5S/c1-12-10-15(6-7-17(12)23)24-21(29)18-13(2)19(26(4)14(18)3)20(28)22(30)25-16-8-9-27(11-16)33(5,31)32/h6-7,10,16H,8-9,11H2,1-5H3,(H,24,29)(H,25,30)/t16-/m1/s1. The molecule has 2 amide bonds. The van der Waals surface area contributed by atoms with Crippen LogP contribution in [0.5, 0.6) is 0 Å². The number of carbonyl (C=O) groups is 3. The lowest BCUT2D eigenvalue weighted by Gasteiger charge is -2.14. The lowest BCUT2D eigenvalue weighted by molar-refractivity contribution is -0.117. The van der Waals surface area contributed by atoms with Crippen molar-refractivity contribution in [3.05, 3.63) is 52.1 Å². The van der Waals surface area contributed by atoms with Crippen molar-refractivity contribution in [2.45, 2.75) is 33.2 Å². The SMILES string of the molecule is Cc1cc(NC(=O)c2c(C)c(C(=O)C(=O)N[C@@H]3CCN(S(C)(=O)=O)C3)n(C)c2C)ccc1F. The largest absolute Gasteiger partial charge is 0.345 e. The van der Waals surface area contributed by atoms with E-state index in [1.54, 1.807) is 27.8 Å². The number of sulfonamides is 1. The van der Waals surface area contributed by atoms with Gasteiger partial charge in [-0.2, -0.15) is 0 Å². The maximum absolute atomic E-state index is 13.5. The molecule has 1 aromatic heterocycles. The van der Waals surface area contributed by atoms with Gasteiger partial charge in [-0.05, 0) is 56.5 Å². The number of aromatic nitrogens is 1. The number of benzene rings is 1. The summed E-state index contributed by atoms with van der Waals surface area (Å²) in [6, 6.07) is 3.72. The van der Waals surface area contributed by atoms with Gasteiger partial charge in [-0.25, -0.2) is 17.1 Å². The first-order valence-electron chi connectivity index (χ1n) is 10.3. The zero-order valence-electron chi connectivity index (χ0n) is 19.2. The molecule has 0 aliphatic carbocycles. The number of carbonyl (C=O) groups excluding carboxylic acids is 3. The Bertz CT molecular complexity index is 1250. The molecule has 0 saturated carbocycles. The lowest BCUT2D eigenvalue weighted by Crippen LogP contribution is -2.42. The van der Waals surface area contributed by atoms with E-state index in [4.69, 9.17) is 0 Å². The van der Waals surface area contributed by atoms with Crippen molar-refractivity contribution in [1.29, 1.82) is 0 Å². The summed E-state index contributed by atoms with van der Waals surface area (Å²) in [7, 11) is -1.79. The van der Waals surface area contributed by atoms with Gasteiger partial charge in [0.05, 0.1) is 17.5 Å². The molecule has 1 aliphatic heterocycles. The first kappa shape index (κ1) is 24.6. The van der Waals surface area contributed by atoms with Crippen LogP contribution in [0.1, 0.15) is 44.1 Å². The number of hydrogen-bond acceptors (Lipinski definition) is 5. The Morgan fingerprint density at radius 2 is 1.82 bits per heavy atom. The molecule has 9 nitrogen and oxygen atoms in total. The van der Waals surface area contributed by atoms with Gasteiger partial charge >= 0.3 is 0 Å².